The zero-order valence-corrected chi connectivity index (χ0v) is 16.3. The Balaban J connectivity index is 2.10. The van der Waals surface area contributed by atoms with Crippen LogP contribution >= 0.6 is 0 Å². The van der Waals surface area contributed by atoms with E-state index < -0.39 is 36.2 Å². The fourth-order valence-electron chi connectivity index (χ4n) is 2.39. The molecule has 1 atom stereocenters. The fourth-order valence-corrected chi connectivity index (χ4v) is 2.39. The van der Waals surface area contributed by atoms with E-state index in [1.807, 2.05) is 0 Å². The summed E-state index contributed by atoms with van der Waals surface area (Å²) in [6.45, 7) is 4.25. The minimum atomic E-state index is -3.12. The Bertz CT molecular complexity index is 916. The van der Waals surface area contributed by atoms with Gasteiger partial charge < -0.3 is 15.4 Å². The summed E-state index contributed by atoms with van der Waals surface area (Å²) in [6, 6.07) is 3.37. The van der Waals surface area contributed by atoms with Crippen LogP contribution in [0.2, 0.25) is 0 Å². The molecule has 29 heavy (non-hydrogen) atoms. The number of alkyl halides is 2. The molecule has 10 heteroatoms. The second-order valence-corrected chi connectivity index (χ2v) is 6.67. The van der Waals surface area contributed by atoms with Crippen molar-refractivity contribution >= 4 is 17.6 Å². The predicted octanol–water partition coefficient (Wildman–Crippen LogP) is 3.41. The molecule has 0 bridgehead atoms. The molecule has 0 fully saturated rings. The molecule has 2 amide bonds. The van der Waals surface area contributed by atoms with Crippen LogP contribution in [-0.2, 0) is 4.79 Å². The molecule has 2 aromatic heterocycles. The minimum Gasteiger partial charge on any atom is -0.469 e. The van der Waals surface area contributed by atoms with Crippen molar-refractivity contribution in [2.75, 3.05) is 11.9 Å². The highest BCUT2D eigenvalue weighted by atomic mass is 19.3. The van der Waals surface area contributed by atoms with Crippen LogP contribution in [0.15, 0.2) is 24.4 Å². The minimum absolute atomic E-state index is 0.234. The molecule has 7 nitrogen and oxygen atoms in total. The van der Waals surface area contributed by atoms with Crippen LogP contribution in [0, 0.1) is 12.7 Å². The van der Waals surface area contributed by atoms with Gasteiger partial charge in [0.2, 0.25) is 5.91 Å². The standard InChI is InChI=1S/C19H21F3N4O3/c1-10-5-13(7-16(24-10)26-12(3)27)17(28)25-11(2)14-6-15(20)18(23-8-14)29-9-19(4,21)22/h5-8,11H,9H2,1-4H3,(H,25,28)(H,24,26,27). The number of hydrogen-bond donors (Lipinski definition) is 2. The molecule has 0 radical (unpaired) electrons. The Labute approximate surface area is 165 Å². The van der Waals surface area contributed by atoms with Crippen molar-refractivity contribution in [2.24, 2.45) is 0 Å². The average molecular weight is 410 g/mol. The summed E-state index contributed by atoms with van der Waals surface area (Å²) in [5.41, 5.74) is 1.10. The lowest BCUT2D eigenvalue weighted by Gasteiger charge is -2.16. The van der Waals surface area contributed by atoms with E-state index in [-0.39, 0.29) is 17.3 Å². The molecule has 2 aromatic rings. The Morgan fingerprint density at radius 2 is 1.97 bits per heavy atom. The summed E-state index contributed by atoms with van der Waals surface area (Å²) in [5, 5.41) is 5.18. The predicted molar refractivity (Wildman–Crippen MR) is 99.5 cm³/mol. The molecule has 0 spiro atoms. The number of amides is 2. The van der Waals surface area contributed by atoms with E-state index >= 15 is 0 Å². The lowest BCUT2D eigenvalue weighted by Crippen LogP contribution is -2.27. The summed E-state index contributed by atoms with van der Waals surface area (Å²) in [7, 11) is 0. The van der Waals surface area contributed by atoms with Gasteiger partial charge in [-0.2, -0.15) is 0 Å². The van der Waals surface area contributed by atoms with E-state index in [1.165, 1.54) is 25.3 Å². The number of carbonyl (C=O) groups is 2. The van der Waals surface area contributed by atoms with Gasteiger partial charge in [0.05, 0.1) is 6.04 Å². The van der Waals surface area contributed by atoms with Gasteiger partial charge in [-0.3, -0.25) is 9.59 Å². The van der Waals surface area contributed by atoms with Crippen molar-refractivity contribution in [1.82, 2.24) is 15.3 Å². The molecule has 2 rings (SSSR count). The first kappa shape index (κ1) is 22.1. The van der Waals surface area contributed by atoms with Crippen LogP contribution in [0.3, 0.4) is 0 Å². The molecule has 156 valence electrons. The van der Waals surface area contributed by atoms with E-state index in [2.05, 4.69) is 25.3 Å². The second kappa shape index (κ2) is 8.89. The van der Waals surface area contributed by atoms with E-state index in [0.717, 1.165) is 6.07 Å². The zero-order valence-electron chi connectivity index (χ0n) is 16.3. The van der Waals surface area contributed by atoms with E-state index in [4.69, 9.17) is 0 Å². The highest BCUT2D eigenvalue weighted by Crippen LogP contribution is 2.22. The Kier molecular flexibility index (Phi) is 6.78. The van der Waals surface area contributed by atoms with Gasteiger partial charge in [0.25, 0.3) is 17.7 Å². The zero-order chi connectivity index (χ0) is 21.8. The first-order valence-corrected chi connectivity index (χ1v) is 8.68. The summed E-state index contributed by atoms with van der Waals surface area (Å²) < 4.78 is 44.4. The largest absolute Gasteiger partial charge is 0.469 e. The third-order valence-corrected chi connectivity index (χ3v) is 3.66. The monoisotopic (exact) mass is 410 g/mol. The lowest BCUT2D eigenvalue weighted by atomic mass is 10.1. The lowest BCUT2D eigenvalue weighted by molar-refractivity contribution is -0.114. The van der Waals surface area contributed by atoms with Crippen molar-refractivity contribution in [1.29, 1.82) is 0 Å². The number of pyridine rings is 2. The van der Waals surface area contributed by atoms with E-state index in [9.17, 15) is 22.8 Å². The molecule has 0 saturated heterocycles. The number of halogens is 3. The second-order valence-electron chi connectivity index (χ2n) is 6.67. The van der Waals surface area contributed by atoms with Crippen molar-refractivity contribution in [3.63, 3.8) is 0 Å². The number of carbonyl (C=O) groups excluding carboxylic acids is 2. The third-order valence-electron chi connectivity index (χ3n) is 3.66. The van der Waals surface area contributed by atoms with Gasteiger partial charge in [-0.25, -0.2) is 23.1 Å². The summed E-state index contributed by atoms with van der Waals surface area (Å²) >= 11 is 0. The van der Waals surface area contributed by atoms with Gasteiger partial charge in [-0.1, -0.05) is 0 Å². The third kappa shape index (κ3) is 6.74. The molecule has 0 aliphatic rings. The summed E-state index contributed by atoms with van der Waals surface area (Å²) in [5.74, 6) is -5.14. The number of anilines is 1. The molecule has 2 N–H and O–H groups in total. The Morgan fingerprint density at radius 3 is 2.55 bits per heavy atom. The van der Waals surface area contributed by atoms with Crippen LogP contribution in [0.1, 0.15) is 48.4 Å². The molecule has 1 unspecified atom stereocenters. The Hall–Kier alpha value is -3.17. The van der Waals surface area contributed by atoms with Crippen molar-refractivity contribution in [3.8, 4) is 5.88 Å². The maximum absolute atomic E-state index is 14.1. The highest BCUT2D eigenvalue weighted by molar-refractivity contribution is 5.96. The number of ether oxygens (including phenoxy) is 1. The quantitative estimate of drug-likeness (QED) is 0.730. The van der Waals surface area contributed by atoms with Crippen molar-refractivity contribution < 1.29 is 27.5 Å². The van der Waals surface area contributed by atoms with Gasteiger partial charge in [-0.15, -0.1) is 0 Å². The number of rotatable bonds is 7. The normalized spacial score (nSPS) is 12.2. The van der Waals surface area contributed by atoms with Crippen LogP contribution in [0.5, 0.6) is 5.88 Å². The molecule has 0 aliphatic heterocycles. The molecule has 0 saturated carbocycles. The van der Waals surface area contributed by atoms with Gasteiger partial charge >= 0.3 is 0 Å². The number of aromatic nitrogens is 2. The van der Waals surface area contributed by atoms with Crippen LogP contribution in [0.4, 0.5) is 19.0 Å². The van der Waals surface area contributed by atoms with Crippen molar-refractivity contribution in [2.45, 2.75) is 39.7 Å². The first-order valence-electron chi connectivity index (χ1n) is 8.68. The smallest absolute Gasteiger partial charge is 0.278 e. The highest BCUT2D eigenvalue weighted by Gasteiger charge is 2.23. The number of nitrogens with one attached hydrogen (secondary N) is 2. The van der Waals surface area contributed by atoms with E-state index in [0.29, 0.717) is 18.2 Å². The van der Waals surface area contributed by atoms with Crippen LogP contribution in [0.25, 0.3) is 0 Å². The van der Waals surface area contributed by atoms with Gasteiger partial charge in [-0.05, 0) is 37.6 Å². The first-order chi connectivity index (χ1) is 13.4. The SMILES string of the molecule is CC(=O)Nc1cc(C(=O)NC(C)c2cnc(OCC(C)(F)F)c(F)c2)cc(C)n1. The average Bonchev–Trinajstić information content (AvgIpc) is 2.58. The van der Waals surface area contributed by atoms with Crippen molar-refractivity contribution in [3.05, 3.63) is 47.0 Å². The van der Waals surface area contributed by atoms with Gasteiger partial charge in [0.15, 0.2) is 12.4 Å². The topological polar surface area (TPSA) is 93.2 Å². The van der Waals surface area contributed by atoms with Crippen LogP contribution in [-0.4, -0.2) is 34.3 Å². The van der Waals surface area contributed by atoms with E-state index in [1.54, 1.807) is 13.8 Å². The molecule has 0 aliphatic carbocycles. The van der Waals surface area contributed by atoms with Crippen LogP contribution < -0.4 is 15.4 Å². The Morgan fingerprint density at radius 1 is 1.28 bits per heavy atom. The maximum Gasteiger partial charge on any atom is 0.278 e. The molecular weight excluding hydrogens is 389 g/mol. The molecule has 2 heterocycles. The number of aryl methyl sites for hydroxylation is 1. The molecular formula is C19H21F3N4O3. The number of nitrogens with zero attached hydrogens (tertiary/aromatic N) is 2. The summed E-state index contributed by atoms with van der Waals surface area (Å²) in [4.78, 5) is 31.5. The van der Waals surface area contributed by atoms with Gasteiger partial charge in [0, 0.05) is 31.3 Å². The van der Waals surface area contributed by atoms with Gasteiger partial charge in [0.1, 0.15) is 5.82 Å². The summed E-state index contributed by atoms with van der Waals surface area (Å²) in [6.07, 6.45) is 1.23. The maximum atomic E-state index is 14.1. The fraction of sp³-hybridized carbons (Fsp3) is 0.368. The number of hydrogen-bond acceptors (Lipinski definition) is 5. The molecule has 0 aromatic carbocycles.